The van der Waals surface area contributed by atoms with Crippen LogP contribution in [0.5, 0.6) is 17.2 Å². The number of anilines is 3. The first-order chi connectivity index (χ1) is 20.3. The molecule has 12 heteroatoms. The zero-order valence-electron chi connectivity index (χ0n) is 22.9. The number of rotatable bonds is 8. The van der Waals surface area contributed by atoms with Gasteiger partial charge < -0.3 is 19.5 Å². The van der Waals surface area contributed by atoms with Crippen molar-refractivity contribution in [3.8, 4) is 22.9 Å². The fourth-order valence-corrected chi connectivity index (χ4v) is 4.31. The van der Waals surface area contributed by atoms with Crippen molar-refractivity contribution in [2.24, 2.45) is 0 Å². The standard InChI is InChI=1S/C30H26FN5O6/c1-4-35-17-27(28(37)36(30(35)39)21-11-5-18(31)6-12-21)42-29(38)34-20-9-7-19(8-10-20)33-23-13-14-32-24-16-26(41-3)25(40-2)15-22(23)24/h5-17H,4H2,1-3H3,(H,32,33)(H,34,38). The van der Waals surface area contributed by atoms with Crippen molar-refractivity contribution in [1.82, 2.24) is 14.1 Å². The highest BCUT2D eigenvalue weighted by Gasteiger charge is 2.17. The second kappa shape index (κ2) is 11.8. The SMILES string of the molecule is CCn1cc(OC(=O)Nc2ccc(Nc3ccnc4cc(OC)c(OC)cc34)cc2)c(=O)n(-c2ccc(F)cc2)c1=O. The van der Waals surface area contributed by atoms with Gasteiger partial charge >= 0.3 is 17.3 Å². The van der Waals surface area contributed by atoms with Gasteiger partial charge in [0.25, 0.3) is 0 Å². The van der Waals surface area contributed by atoms with Gasteiger partial charge in [-0.05, 0) is 67.6 Å². The van der Waals surface area contributed by atoms with E-state index in [2.05, 4.69) is 15.6 Å². The summed E-state index contributed by atoms with van der Waals surface area (Å²) in [5, 5.41) is 6.72. The molecule has 0 aliphatic rings. The van der Waals surface area contributed by atoms with E-state index in [1.165, 1.54) is 22.9 Å². The van der Waals surface area contributed by atoms with E-state index in [-0.39, 0.29) is 18.0 Å². The molecule has 0 aliphatic carbocycles. The predicted molar refractivity (Wildman–Crippen MR) is 156 cm³/mol. The molecule has 42 heavy (non-hydrogen) atoms. The van der Waals surface area contributed by atoms with E-state index < -0.39 is 23.2 Å². The minimum atomic E-state index is -0.930. The van der Waals surface area contributed by atoms with Crippen molar-refractivity contribution in [2.75, 3.05) is 24.9 Å². The van der Waals surface area contributed by atoms with Crippen LogP contribution in [0.1, 0.15) is 6.92 Å². The van der Waals surface area contributed by atoms with Gasteiger partial charge in [-0.1, -0.05) is 0 Å². The summed E-state index contributed by atoms with van der Waals surface area (Å²) >= 11 is 0. The lowest BCUT2D eigenvalue weighted by Crippen LogP contribution is -2.39. The molecule has 0 saturated heterocycles. The second-order valence-electron chi connectivity index (χ2n) is 8.98. The molecule has 2 heterocycles. The fraction of sp³-hybridized carbons (Fsp3) is 0.133. The number of aromatic nitrogens is 3. The van der Waals surface area contributed by atoms with Crippen LogP contribution in [0.4, 0.5) is 26.2 Å². The van der Waals surface area contributed by atoms with Crippen molar-refractivity contribution in [2.45, 2.75) is 13.5 Å². The third kappa shape index (κ3) is 5.63. The van der Waals surface area contributed by atoms with E-state index in [4.69, 9.17) is 14.2 Å². The number of carbonyl (C=O) groups excluding carboxylic acids is 1. The first-order valence-electron chi connectivity index (χ1n) is 12.8. The molecule has 0 fully saturated rings. The Labute approximate surface area is 238 Å². The zero-order valence-corrected chi connectivity index (χ0v) is 22.9. The lowest BCUT2D eigenvalue weighted by molar-refractivity contribution is 0.214. The minimum Gasteiger partial charge on any atom is -0.493 e. The summed E-state index contributed by atoms with van der Waals surface area (Å²) in [6.45, 7) is 1.91. The molecule has 2 N–H and O–H groups in total. The third-order valence-electron chi connectivity index (χ3n) is 6.41. The average Bonchev–Trinajstić information content (AvgIpc) is 3.00. The van der Waals surface area contributed by atoms with Gasteiger partial charge in [-0.15, -0.1) is 0 Å². The van der Waals surface area contributed by atoms with Crippen LogP contribution in [0, 0.1) is 5.82 Å². The number of nitrogens with zero attached hydrogens (tertiary/aromatic N) is 3. The van der Waals surface area contributed by atoms with E-state index in [1.54, 1.807) is 57.7 Å². The van der Waals surface area contributed by atoms with Crippen molar-refractivity contribution in [1.29, 1.82) is 0 Å². The largest absolute Gasteiger partial charge is 0.493 e. The smallest absolute Gasteiger partial charge is 0.417 e. The number of hydrogen-bond acceptors (Lipinski definition) is 8. The van der Waals surface area contributed by atoms with Gasteiger partial charge in [0.2, 0.25) is 5.75 Å². The molecular formula is C30H26FN5O6. The molecule has 0 unspecified atom stereocenters. The Hall–Kier alpha value is -5.65. The van der Waals surface area contributed by atoms with E-state index in [9.17, 15) is 18.8 Å². The lowest BCUT2D eigenvalue weighted by atomic mass is 10.1. The van der Waals surface area contributed by atoms with Gasteiger partial charge in [0, 0.05) is 41.3 Å². The number of fused-ring (bicyclic) bond motifs is 1. The van der Waals surface area contributed by atoms with E-state index >= 15 is 0 Å². The molecule has 11 nitrogen and oxygen atoms in total. The highest BCUT2D eigenvalue weighted by Crippen LogP contribution is 2.35. The summed E-state index contributed by atoms with van der Waals surface area (Å²) in [6.07, 6.45) is 1.91. The zero-order chi connectivity index (χ0) is 29.8. The Morgan fingerprint density at radius 1 is 0.905 bits per heavy atom. The van der Waals surface area contributed by atoms with Crippen molar-refractivity contribution in [3.05, 3.63) is 106 Å². The molecule has 2 aromatic heterocycles. The number of ether oxygens (including phenoxy) is 3. The molecule has 3 aromatic carbocycles. The first-order valence-corrected chi connectivity index (χ1v) is 12.8. The molecule has 5 rings (SSSR count). The quantitative estimate of drug-likeness (QED) is 0.264. The monoisotopic (exact) mass is 571 g/mol. The number of pyridine rings is 1. The third-order valence-corrected chi connectivity index (χ3v) is 6.41. The molecule has 0 aliphatic heterocycles. The number of nitrogens with one attached hydrogen (secondary N) is 2. The maximum atomic E-state index is 13.4. The van der Waals surface area contributed by atoms with Gasteiger partial charge in [0.05, 0.1) is 31.6 Å². The van der Waals surface area contributed by atoms with Crippen LogP contribution in [0.25, 0.3) is 16.6 Å². The maximum absolute atomic E-state index is 13.4. The minimum absolute atomic E-state index is 0.141. The molecule has 0 atom stereocenters. The van der Waals surface area contributed by atoms with Gasteiger partial charge in [-0.2, -0.15) is 0 Å². The van der Waals surface area contributed by atoms with E-state index in [0.717, 1.165) is 33.5 Å². The number of hydrogen-bond donors (Lipinski definition) is 2. The summed E-state index contributed by atoms with van der Waals surface area (Å²) in [6, 6.07) is 17.1. The Morgan fingerprint density at radius 3 is 2.24 bits per heavy atom. The summed E-state index contributed by atoms with van der Waals surface area (Å²) in [7, 11) is 3.12. The molecule has 0 spiro atoms. The highest BCUT2D eigenvalue weighted by atomic mass is 19.1. The Morgan fingerprint density at radius 2 is 1.57 bits per heavy atom. The second-order valence-corrected chi connectivity index (χ2v) is 8.98. The van der Waals surface area contributed by atoms with Crippen LogP contribution in [-0.4, -0.2) is 34.4 Å². The highest BCUT2D eigenvalue weighted by molar-refractivity contribution is 5.95. The number of carbonyl (C=O) groups is 1. The molecule has 0 bridgehead atoms. The first kappa shape index (κ1) is 27.9. The molecule has 0 saturated carbocycles. The van der Waals surface area contributed by atoms with Gasteiger partial charge in [-0.25, -0.2) is 18.5 Å². The van der Waals surface area contributed by atoms with E-state index in [1.807, 2.05) is 12.1 Å². The van der Waals surface area contributed by atoms with Crippen molar-refractivity contribution < 1.29 is 23.4 Å². The number of amides is 1. The van der Waals surface area contributed by atoms with Crippen LogP contribution >= 0.6 is 0 Å². The number of aryl methyl sites for hydroxylation is 1. The maximum Gasteiger partial charge on any atom is 0.417 e. The Kier molecular flexibility index (Phi) is 7.87. The summed E-state index contributed by atoms with van der Waals surface area (Å²) in [4.78, 5) is 42.9. The summed E-state index contributed by atoms with van der Waals surface area (Å²) in [5.74, 6) is 0.247. The normalized spacial score (nSPS) is 10.8. The van der Waals surface area contributed by atoms with Gasteiger partial charge in [0.1, 0.15) is 5.82 Å². The van der Waals surface area contributed by atoms with Crippen LogP contribution in [-0.2, 0) is 6.54 Å². The van der Waals surface area contributed by atoms with Crippen LogP contribution in [0.3, 0.4) is 0 Å². The average molecular weight is 572 g/mol. The summed E-state index contributed by atoms with van der Waals surface area (Å²) in [5.41, 5.74) is 1.26. The molecule has 214 valence electrons. The number of benzene rings is 3. The van der Waals surface area contributed by atoms with E-state index in [0.29, 0.717) is 22.7 Å². The Bertz CT molecular complexity index is 1890. The molecule has 0 radical (unpaired) electrons. The summed E-state index contributed by atoms with van der Waals surface area (Å²) < 4.78 is 31.5. The van der Waals surface area contributed by atoms with Crippen molar-refractivity contribution in [3.63, 3.8) is 0 Å². The Balaban J connectivity index is 1.33. The molecule has 5 aromatic rings. The molecular weight excluding hydrogens is 545 g/mol. The predicted octanol–water partition coefficient (Wildman–Crippen LogP) is 5.08. The fourth-order valence-electron chi connectivity index (χ4n) is 4.31. The van der Waals surface area contributed by atoms with Gasteiger partial charge in [0.15, 0.2) is 11.5 Å². The number of methoxy groups -OCH3 is 2. The van der Waals surface area contributed by atoms with Gasteiger partial charge in [-0.3, -0.25) is 19.7 Å². The van der Waals surface area contributed by atoms with Crippen molar-refractivity contribution >= 4 is 34.1 Å². The molecule has 1 amide bonds. The van der Waals surface area contributed by atoms with Crippen LogP contribution in [0.15, 0.2) is 88.7 Å². The number of halogens is 1. The van der Waals surface area contributed by atoms with Crippen LogP contribution < -0.4 is 36.1 Å². The lowest BCUT2D eigenvalue weighted by Gasteiger charge is -2.14. The topological polar surface area (TPSA) is 126 Å². The van der Waals surface area contributed by atoms with Crippen LogP contribution in [0.2, 0.25) is 0 Å².